The van der Waals surface area contributed by atoms with Gasteiger partial charge in [-0.25, -0.2) is 0 Å². The topological polar surface area (TPSA) is 40.5 Å². The molecule has 1 aliphatic carbocycles. The van der Waals surface area contributed by atoms with E-state index in [2.05, 4.69) is 24.3 Å². The lowest BCUT2D eigenvalue weighted by Gasteiger charge is -2.36. The molecule has 1 aliphatic heterocycles. The molecule has 2 aromatic carbocycles. The Balaban J connectivity index is 1.47. The van der Waals surface area contributed by atoms with Gasteiger partial charge in [0, 0.05) is 18.2 Å². The third kappa shape index (κ3) is 4.30. The average Bonchev–Trinajstić information content (AvgIpc) is 3.28. The lowest BCUT2D eigenvalue weighted by molar-refractivity contribution is -0.120. The Kier molecular flexibility index (Phi) is 6.11. The van der Waals surface area contributed by atoms with Crippen LogP contribution in [0, 0.1) is 5.92 Å². The van der Waals surface area contributed by atoms with Crippen molar-refractivity contribution in [2.75, 3.05) is 4.90 Å². The molecule has 2 unspecified atom stereocenters. The summed E-state index contributed by atoms with van der Waals surface area (Å²) in [7, 11) is 0. The molecule has 148 valence electrons. The molecule has 0 radical (unpaired) electrons. The number of hydrogen-bond acceptors (Lipinski definition) is 2. The normalized spacial score (nSPS) is 21.8. The molecule has 1 N–H and O–H groups in total. The monoisotopic (exact) mass is 377 g/mol. The quantitative estimate of drug-likeness (QED) is 0.729. The Morgan fingerprint density at radius 3 is 2.36 bits per heavy atom. The first-order chi connectivity index (χ1) is 13.7. The molecule has 3 nitrogen and oxygen atoms in total. The molecule has 2 fully saturated rings. The molecule has 1 heterocycles. The second-order valence-corrected chi connectivity index (χ2v) is 8.41. The largest absolute Gasteiger partial charge is 0.388 e. The Hall–Kier alpha value is -2.13. The zero-order valence-corrected chi connectivity index (χ0v) is 16.6. The van der Waals surface area contributed by atoms with Crippen molar-refractivity contribution in [3.8, 4) is 0 Å². The Bertz CT molecular complexity index is 765. The van der Waals surface area contributed by atoms with E-state index in [1.165, 1.54) is 18.4 Å². The van der Waals surface area contributed by atoms with Crippen LogP contribution in [0.3, 0.4) is 0 Å². The predicted molar refractivity (Wildman–Crippen MR) is 113 cm³/mol. The van der Waals surface area contributed by atoms with E-state index in [4.69, 9.17) is 0 Å². The van der Waals surface area contributed by atoms with Gasteiger partial charge in [-0.1, -0.05) is 55.3 Å². The molecule has 0 aromatic heterocycles. The number of amides is 1. The fourth-order valence-corrected chi connectivity index (χ4v) is 4.93. The Morgan fingerprint density at radius 1 is 0.929 bits per heavy atom. The lowest BCUT2D eigenvalue weighted by Crippen LogP contribution is -2.44. The zero-order valence-electron chi connectivity index (χ0n) is 16.6. The fourth-order valence-electron chi connectivity index (χ4n) is 4.93. The molecular weight excluding hydrogens is 346 g/mol. The standard InChI is InChI=1S/C25H31NO2/c27-24-12-6-11-22(16-13-19-7-2-1-3-8-19)26(24)23-17-14-21(15-18-23)25(28)20-9-4-5-10-20/h1-3,7-8,14-15,17-18,20,22,25,28H,4-6,9-13,16H2. The first-order valence-corrected chi connectivity index (χ1v) is 10.9. The first kappa shape index (κ1) is 19.2. The Labute approximate surface area is 168 Å². The molecular formula is C25H31NO2. The van der Waals surface area contributed by atoms with Crippen LogP contribution in [0.15, 0.2) is 54.6 Å². The van der Waals surface area contributed by atoms with Gasteiger partial charge in [-0.3, -0.25) is 4.79 Å². The average molecular weight is 378 g/mol. The van der Waals surface area contributed by atoms with Gasteiger partial charge in [0.2, 0.25) is 5.91 Å². The number of nitrogens with zero attached hydrogens (tertiary/aromatic N) is 1. The maximum Gasteiger partial charge on any atom is 0.227 e. The van der Waals surface area contributed by atoms with Gasteiger partial charge < -0.3 is 10.0 Å². The number of aliphatic hydroxyl groups excluding tert-OH is 1. The van der Waals surface area contributed by atoms with Crippen LogP contribution in [0.5, 0.6) is 0 Å². The van der Waals surface area contributed by atoms with E-state index >= 15 is 0 Å². The van der Waals surface area contributed by atoms with Gasteiger partial charge in [-0.05, 0) is 67.7 Å². The molecule has 0 bridgehead atoms. The second-order valence-electron chi connectivity index (χ2n) is 8.41. The molecule has 2 atom stereocenters. The lowest BCUT2D eigenvalue weighted by atomic mass is 9.93. The van der Waals surface area contributed by atoms with Crippen molar-refractivity contribution in [1.82, 2.24) is 0 Å². The molecule has 2 aliphatic rings. The predicted octanol–water partition coefficient (Wildman–Crippen LogP) is 5.43. The maximum absolute atomic E-state index is 12.7. The third-order valence-corrected chi connectivity index (χ3v) is 6.53. The SMILES string of the molecule is O=C1CCCC(CCc2ccccc2)N1c1ccc(C(O)C2CCCC2)cc1. The van der Waals surface area contributed by atoms with E-state index < -0.39 is 0 Å². The van der Waals surface area contributed by atoms with E-state index in [9.17, 15) is 9.90 Å². The zero-order chi connectivity index (χ0) is 19.3. The first-order valence-electron chi connectivity index (χ1n) is 10.9. The van der Waals surface area contributed by atoms with Crippen molar-refractivity contribution in [3.05, 3.63) is 65.7 Å². The number of piperidine rings is 1. The Morgan fingerprint density at radius 2 is 1.64 bits per heavy atom. The van der Waals surface area contributed by atoms with Gasteiger partial charge in [0.05, 0.1) is 6.10 Å². The number of anilines is 1. The van der Waals surface area contributed by atoms with Crippen molar-refractivity contribution < 1.29 is 9.90 Å². The van der Waals surface area contributed by atoms with E-state index in [1.54, 1.807) is 0 Å². The summed E-state index contributed by atoms with van der Waals surface area (Å²) in [5.74, 6) is 0.620. The molecule has 2 aromatic rings. The van der Waals surface area contributed by atoms with Crippen molar-refractivity contribution in [1.29, 1.82) is 0 Å². The summed E-state index contributed by atoms with van der Waals surface area (Å²) in [4.78, 5) is 14.7. The minimum absolute atomic E-state index is 0.230. The number of carbonyl (C=O) groups is 1. The van der Waals surface area contributed by atoms with Gasteiger partial charge in [0.1, 0.15) is 0 Å². The number of carbonyl (C=O) groups excluding carboxylic acids is 1. The summed E-state index contributed by atoms with van der Waals surface area (Å²) in [6, 6.07) is 18.9. The van der Waals surface area contributed by atoms with Gasteiger partial charge in [-0.2, -0.15) is 0 Å². The molecule has 1 amide bonds. The number of aryl methyl sites for hydroxylation is 1. The van der Waals surface area contributed by atoms with Crippen LogP contribution in [-0.2, 0) is 11.2 Å². The van der Waals surface area contributed by atoms with Gasteiger partial charge in [-0.15, -0.1) is 0 Å². The van der Waals surface area contributed by atoms with Crippen LogP contribution in [0.2, 0.25) is 0 Å². The molecule has 3 heteroatoms. The van der Waals surface area contributed by atoms with Gasteiger partial charge in [0.25, 0.3) is 0 Å². The van der Waals surface area contributed by atoms with Crippen LogP contribution >= 0.6 is 0 Å². The van der Waals surface area contributed by atoms with Gasteiger partial charge >= 0.3 is 0 Å². The third-order valence-electron chi connectivity index (χ3n) is 6.53. The minimum Gasteiger partial charge on any atom is -0.388 e. The number of aliphatic hydroxyl groups is 1. The summed E-state index contributed by atoms with van der Waals surface area (Å²) in [6.45, 7) is 0. The summed E-state index contributed by atoms with van der Waals surface area (Å²) in [5.41, 5.74) is 3.29. The highest BCUT2D eigenvalue weighted by Crippen LogP contribution is 2.36. The maximum atomic E-state index is 12.7. The summed E-state index contributed by atoms with van der Waals surface area (Å²) in [6.07, 6.45) is 8.98. The van der Waals surface area contributed by atoms with Crippen molar-refractivity contribution in [3.63, 3.8) is 0 Å². The van der Waals surface area contributed by atoms with Crippen LogP contribution in [0.1, 0.15) is 68.6 Å². The summed E-state index contributed by atoms with van der Waals surface area (Å²) < 4.78 is 0. The molecule has 4 rings (SSSR count). The van der Waals surface area contributed by atoms with Crippen molar-refractivity contribution >= 4 is 11.6 Å². The van der Waals surface area contributed by atoms with E-state index in [-0.39, 0.29) is 18.1 Å². The second kappa shape index (κ2) is 8.91. The smallest absolute Gasteiger partial charge is 0.227 e. The van der Waals surface area contributed by atoms with E-state index in [1.807, 2.05) is 35.2 Å². The number of benzene rings is 2. The van der Waals surface area contributed by atoms with Crippen molar-refractivity contribution in [2.45, 2.75) is 69.9 Å². The fraction of sp³-hybridized carbons (Fsp3) is 0.480. The highest BCUT2D eigenvalue weighted by atomic mass is 16.3. The molecule has 28 heavy (non-hydrogen) atoms. The number of hydrogen-bond donors (Lipinski definition) is 1. The summed E-state index contributed by atoms with van der Waals surface area (Å²) in [5, 5.41) is 10.7. The van der Waals surface area contributed by atoms with E-state index in [0.717, 1.165) is 49.8 Å². The van der Waals surface area contributed by atoms with Crippen molar-refractivity contribution in [2.24, 2.45) is 5.92 Å². The number of rotatable bonds is 6. The molecule has 1 saturated carbocycles. The van der Waals surface area contributed by atoms with Crippen LogP contribution in [-0.4, -0.2) is 17.1 Å². The molecule has 0 spiro atoms. The van der Waals surface area contributed by atoms with Gasteiger partial charge in [0.15, 0.2) is 0 Å². The summed E-state index contributed by atoms with van der Waals surface area (Å²) >= 11 is 0. The highest BCUT2D eigenvalue weighted by molar-refractivity contribution is 5.94. The molecule has 1 saturated heterocycles. The highest BCUT2D eigenvalue weighted by Gasteiger charge is 2.30. The van der Waals surface area contributed by atoms with E-state index in [0.29, 0.717) is 12.3 Å². The minimum atomic E-state index is -0.373. The van der Waals surface area contributed by atoms with Crippen LogP contribution in [0.4, 0.5) is 5.69 Å². The van der Waals surface area contributed by atoms with Crippen LogP contribution < -0.4 is 4.90 Å². The van der Waals surface area contributed by atoms with Crippen LogP contribution in [0.25, 0.3) is 0 Å².